The van der Waals surface area contributed by atoms with Gasteiger partial charge in [-0.05, 0) is 52.7 Å². The third-order valence-corrected chi connectivity index (χ3v) is 4.44. The lowest BCUT2D eigenvalue weighted by atomic mass is 10.1. The lowest BCUT2D eigenvalue weighted by molar-refractivity contribution is 0.0944. The third-order valence-electron chi connectivity index (χ3n) is 2.82. The number of hydrogen-bond acceptors (Lipinski definition) is 3. The van der Waals surface area contributed by atoms with E-state index in [1.165, 1.54) is 24.5 Å². The first-order chi connectivity index (χ1) is 9.51. The van der Waals surface area contributed by atoms with Crippen molar-refractivity contribution in [2.75, 3.05) is 7.11 Å². The average molecular weight is 358 g/mol. The molecule has 1 unspecified atom stereocenters. The molecule has 1 N–H and O–H groups in total. The van der Waals surface area contributed by atoms with E-state index >= 15 is 0 Å². The maximum Gasteiger partial charge on any atom is 0.261 e. The number of benzene rings is 1. The molecule has 0 fully saturated rings. The molecule has 1 atom stereocenters. The molecule has 0 bridgehead atoms. The minimum Gasteiger partial charge on any atom is -0.494 e. The SMILES string of the molecule is COc1ccc(C(C)NC(=O)c2ccc(Br)s2)cc1F. The Labute approximate surface area is 128 Å². The van der Waals surface area contributed by atoms with Crippen LogP contribution in [0.3, 0.4) is 0 Å². The van der Waals surface area contributed by atoms with Gasteiger partial charge in [-0.2, -0.15) is 0 Å². The maximum atomic E-state index is 13.6. The standard InChI is InChI=1S/C14H13BrFNO2S/c1-8(9-3-4-11(19-2)10(16)7-9)17-14(18)12-5-6-13(15)20-12/h3-8H,1-2H3,(H,17,18). The van der Waals surface area contributed by atoms with Gasteiger partial charge in [0.1, 0.15) is 0 Å². The molecule has 20 heavy (non-hydrogen) atoms. The van der Waals surface area contributed by atoms with Crippen LogP contribution in [-0.4, -0.2) is 13.0 Å². The highest BCUT2D eigenvalue weighted by atomic mass is 79.9. The lowest BCUT2D eigenvalue weighted by Gasteiger charge is -2.14. The highest BCUT2D eigenvalue weighted by molar-refractivity contribution is 9.11. The Kier molecular flexibility index (Phi) is 4.77. The average Bonchev–Trinajstić information content (AvgIpc) is 2.85. The fraction of sp³-hybridized carbons (Fsp3) is 0.214. The van der Waals surface area contributed by atoms with E-state index in [0.717, 1.165) is 3.79 Å². The minimum absolute atomic E-state index is 0.176. The number of nitrogens with one attached hydrogen (secondary N) is 1. The van der Waals surface area contributed by atoms with Crippen LogP contribution in [0.15, 0.2) is 34.1 Å². The second-order valence-electron chi connectivity index (χ2n) is 4.19. The summed E-state index contributed by atoms with van der Waals surface area (Å²) < 4.78 is 19.4. The Morgan fingerprint density at radius 3 is 2.70 bits per heavy atom. The molecule has 1 heterocycles. The van der Waals surface area contributed by atoms with Gasteiger partial charge < -0.3 is 10.1 Å². The number of carbonyl (C=O) groups excluding carboxylic acids is 1. The number of thiophene rings is 1. The molecule has 1 amide bonds. The van der Waals surface area contributed by atoms with Crippen molar-refractivity contribution in [3.63, 3.8) is 0 Å². The molecule has 0 aliphatic carbocycles. The molecule has 0 aliphatic rings. The van der Waals surface area contributed by atoms with Gasteiger partial charge >= 0.3 is 0 Å². The van der Waals surface area contributed by atoms with E-state index in [4.69, 9.17) is 4.74 Å². The number of amides is 1. The molecule has 1 aromatic carbocycles. The Hall–Kier alpha value is -1.40. The van der Waals surface area contributed by atoms with Crippen LogP contribution in [0.5, 0.6) is 5.75 Å². The predicted octanol–water partition coefficient (Wildman–Crippen LogP) is 4.15. The fourth-order valence-electron chi connectivity index (χ4n) is 1.74. The van der Waals surface area contributed by atoms with Crippen LogP contribution in [0, 0.1) is 5.82 Å². The first-order valence-electron chi connectivity index (χ1n) is 5.91. The van der Waals surface area contributed by atoms with Gasteiger partial charge in [-0.25, -0.2) is 4.39 Å². The van der Waals surface area contributed by atoms with E-state index in [1.807, 2.05) is 13.0 Å². The summed E-state index contributed by atoms with van der Waals surface area (Å²) in [5, 5.41) is 2.83. The van der Waals surface area contributed by atoms with Gasteiger partial charge in [-0.1, -0.05) is 6.07 Å². The molecule has 0 saturated carbocycles. The first-order valence-corrected chi connectivity index (χ1v) is 7.52. The minimum atomic E-state index is -0.440. The van der Waals surface area contributed by atoms with Gasteiger partial charge in [-0.15, -0.1) is 11.3 Å². The molecule has 0 radical (unpaired) electrons. The van der Waals surface area contributed by atoms with Crippen LogP contribution in [0.2, 0.25) is 0 Å². The summed E-state index contributed by atoms with van der Waals surface area (Å²) >= 11 is 4.66. The second kappa shape index (κ2) is 6.37. The molecule has 106 valence electrons. The summed E-state index contributed by atoms with van der Waals surface area (Å²) in [4.78, 5) is 12.6. The summed E-state index contributed by atoms with van der Waals surface area (Å²) in [6.45, 7) is 1.81. The zero-order chi connectivity index (χ0) is 14.7. The van der Waals surface area contributed by atoms with Gasteiger partial charge in [-0.3, -0.25) is 4.79 Å². The Morgan fingerprint density at radius 2 is 2.15 bits per heavy atom. The topological polar surface area (TPSA) is 38.3 Å². The molecule has 3 nitrogen and oxygen atoms in total. The molecular weight excluding hydrogens is 345 g/mol. The van der Waals surface area contributed by atoms with Crippen molar-refractivity contribution in [2.45, 2.75) is 13.0 Å². The van der Waals surface area contributed by atoms with Crippen LogP contribution in [0.25, 0.3) is 0 Å². The highest BCUT2D eigenvalue weighted by Crippen LogP contribution is 2.24. The molecule has 0 aliphatic heterocycles. The fourth-order valence-corrected chi connectivity index (χ4v) is 3.03. The van der Waals surface area contributed by atoms with E-state index < -0.39 is 5.82 Å². The van der Waals surface area contributed by atoms with Crippen LogP contribution in [-0.2, 0) is 0 Å². The molecular formula is C14H13BrFNO2S. The number of carbonyl (C=O) groups is 1. The van der Waals surface area contributed by atoms with Gasteiger partial charge in [0.15, 0.2) is 11.6 Å². The zero-order valence-electron chi connectivity index (χ0n) is 10.9. The van der Waals surface area contributed by atoms with Gasteiger partial charge in [0.05, 0.1) is 21.8 Å². The highest BCUT2D eigenvalue weighted by Gasteiger charge is 2.14. The van der Waals surface area contributed by atoms with Gasteiger partial charge in [0.2, 0.25) is 0 Å². The summed E-state index contributed by atoms with van der Waals surface area (Å²) in [6.07, 6.45) is 0. The third kappa shape index (κ3) is 3.37. The normalized spacial score (nSPS) is 12.0. The quantitative estimate of drug-likeness (QED) is 0.892. The van der Waals surface area contributed by atoms with Crippen LogP contribution >= 0.6 is 27.3 Å². The zero-order valence-corrected chi connectivity index (χ0v) is 13.3. The van der Waals surface area contributed by atoms with E-state index in [9.17, 15) is 9.18 Å². The predicted molar refractivity (Wildman–Crippen MR) is 80.9 cm³/mol. The van der Waals surface area contributed by atoms with Crippen molar-refractivity contribution in [1.29, 1.82) is 0 Å². The second-order valence-corrected chi connectivity index (χ2v) is 6.66. The number of rotatable bonds is 4. The Morgan fingerprint density at radius 1 is 1.40 bits per heavy atom. The first kappa shape index (κ1) is 15.0. The van der Waals surface area contributed by atoms with Crippen molar-refractivity contribution in [3.8, 4) is 5.75 Å². The van der Waals surface area contributed by atoms with E-state index in [2.05, 4.69) is 21.2 Å². The van der Waals surface area contributed by atoms with E-state index in [0.29, 0.717) is 10.4 Å². The molecule has 6 heteroatoms. The summed E-state index contributed by atoms with van der Waals surface area (Å²) in [5.74, 6) is -0.427. The van der Waals surface area contributed by atoms with Crippen molar-refractivity contribution in [3.05, 3.63) is 50.4 Å². The molecule has 0 saturated heterocycles. The Bertz CT molecular complexity index is 629. The van der Waals surface area contributed by atoms with Crippen LogP contribution in [0.1, 0.15) is 28.2 Å². The molecule has 0 spiro atoms. The van der Waals surface area contributed by atoms with Gasteiger partial charge in [0.25, 0.3) is 5.91 Å². The van der Waals surface area contributed by atoms with Gasteiger partial charge in [0, 0.05) is 0 Å². The lowest BCUT2D eigenvalue weighted by Crippen LogP contribution is -2.25. The van der Waals surface area contributed by atoms with Crippen LogP contribution < -0.4 is 10.1 Å². The van der Waals surface area contributed by atoms with Crippen molar-refractivity contribution in [1.82, 2.24) is 5.32 Å². The largest absolute Gasteiger partial charge is 0.494 e. The van der Waals surface area contributed by atoms with Crippen molar-refractivity contribution >= 4 is 33.2 Å². The summed E-state index contributed by atoms with van der Waals surface area (Å²) in [7, 11) is 1.41. The number of halogens is 2. The summed E-state index contributed by atoms with van der Waals surface area (Å²) in [6, 6.07) is 7.92. The molecule has 2 aromatic rings. The van der Waals surface area contributed by atoms with Crippen molar-refractivity contribution in [2.24, 2.45) is 0 Å². The van der Waals surface area contributed by atoms with Crippen molar-refractivity contribution < 1.29 is 13.9 Å². The number of ether oxygens (including phenoxy) is 1. The summed E-state index contributed by atoms with van der Waals surface area (Å²) in [5.41, 5.74) is 0.687. The Balaban J connectivity index is 2.10. The van der Waals surface area contributed by atoms with E-state index in [-0.39, 0.29) is 17.7 Å². The number of methoxy groups -OCH3 is 1. The number of hydrogen-bond donors (Lipinski definition) is 1. The molecule has 1 aromatic heterocycles. The smallest absolute Gasteiger partial charge is 0.261 e. The maximum absolute atomic E-state index is 13.6. The monoisotopic (exact) mass is 357 g/mol. The van der Waals surface area contributed by atoms with Crippen LogP contribution in [0.4, 0.5) is 4.39 Å². The van der Waals surface area contributed by atoms with E-state index in [1.54, 1.807) is 18.2 Å². The molecule has 2 rings (SSSR count).